The molecule has 1 aliphatic carbocycles. The average molecular weight is 475 g/mol. The Bertz CT molecular complexity index is 1320. The first-order chi connectivity index (χ1) is 16.9. The molecule has 2 aliphatic rings. The number of fused-ring (bicyclic) bond motifs is 1. The maximum Gasteiger partial charge on any atom is 0.272 e. The molecule has 1 amide bonds. The number of nitrogens with two attached hydrogens (primary N) is 1. The zero-order valence-corrected chi connectivity index (χ0v) is 20.2. The number of hydrogen-bond donors (Lipinski definition) is 1. The Labute approximate surface area is 204 Å². The first-order valence-electron chi connectivity index (χ1n) is 12.4. The van der Waals surface area contributed by atoms with Crippen molar-refractivity contribution in [2.45, 2.75) is 64.3 Å². The van der Waals surface area contributed by atoms with Crippen LogP contribution in [0.1, 0.15) is 74.5 Å². The molecule has 7 nitrogen and oxygen atoms in total. The van der Waals surface area contributed by atoms with Crippen LogP contribution in [0.5, 0.6) is 0 Å². The van der Waals surface area contributed by atoms with Crippen molar-refractivity contribution in [3.8, 4) is 11.3 Å². The zero-order chi connectivity index (χ0) is 24.5. The predicted octanol–water partition coefficient (Wildman–Crippen LogP) is 5.38. The van der Waals surface area contributed by atoms with Gasteiger partial charge in [0.1, 0.15) is 11.5 Å². The van der Waals surface area contributed by atoms with Crippen LogP contribution in [0, 0.1) is 5.82 Å². The van der Waals surface area contributed by atoms with Crippen LogP contribution in [-0.2, 0) is 0 Å². The van der Waals surface area contributed by atoms with E-state index >= 15 is 4.39 Å². The van der Waals surface area contributed by atoms with Gasteiger partial charge in [0.05, 0.1) is 11.4 Å². The Morgan fingerprint density at radius 2 is 2.00 bits per heavy atom. The van der Waals surface area contributed by atoms with E-state index < -0.39 is 5.82 Å². The highest BCUT2D eigenvalue weighted by Gasteiger charge is 2.31. The Hall–Kier alpha value is -3.55. The van der Waals surface area contributed by atoms with Crippen molar-refractivity contribution in [1.82, 2.24) is 19.5 Å². The molecule has 0 bridgehead atoms. The minimum absolute atomic E-state index is 0.0261. The van der Waals surface area contributed by atoms with E-state index in [9.17, 15) is 4.79 Å². The highest BCUT2D eigenvalue weighted by atomic mass is 19.1. The third kappa shape index (κ3) is 4.83. The third-order valence-corrected chi connectivity index (χ3v) is 6.89. The molecular formula is C27H31FN6O. The van der Waals surface area contributed by atoms with Crippen molar-refractivity contribution in [3.05, 3.63) is 59.3 Å². The molecule has 0 radical (unpaired) electrons. The van der Waals surface area contributed by atoms with Gasteiger partial charge in [-0.2, -0.15) is 5.10 Å². The minimum Gasteiger partial charge on any atom is -0.404 e. The van der Waals surface area contributed by atoms with Gasteiger partial charge < -0.3 is 10.6 Å². The molecule has 2 fully saturated rings. The number of halogens is 1. The van der Waals surface area contributed by atoms with Crippen molar-refractivity contribution < 1.29 is 9.18 Å². The average Bonchev–Trinajstić information content (AvgIpc) is 3.65. The van der Waals surface area contributed by atoms with Gasteiger partial charge in [0.15, 0.2) is 5.65 Å². The molecule has 35 heavy (non-hydrogen) atoms. The maximum absolute atomic E-state index is 15.0. The molecule has 8 heteroatoms. The lowest BCUT2D eigenvalue weighted by atomic mass is 10.1. The van der Waals surface area contributed by atoms with E-state index in [4.69, 9.17) is 10.8 Å². The maximum atomic E-state index is 15.0. The van der Waals surface area contributed by atoms with Crippen LogP contribution in [-0.4, -0.2) is 44.2 Å². The number of carbonyl (C=O) groups is 1. The molecular weight excluding hydrogens is 443 g/mol. The molecule has 1 aromatic carbocycles. The summed E-state index contributed by atoms with van der Waals surface area (Å²) in [5, 5.41) is 4.69. The number of amides is 1. The topological polar surface area (TPSA) is 88.9 Å². The minimum atomic E-state index is -0.417. The van der Waals surface area contributed by atoms with Gasteiger partial charge in [-0.3, -0.25) is 9.79 Å². The largest absolute Gasteiger partial charge is 0.404 e. The van der Waals surface area contributed by atoms with E-state index in [1.165, 1.54) is 12.3 Å². The molecule has 1 saturated carbocycles. The number of carbonyl (C=O) groups excluding carboxylic acids is 1. The van der Waals surface area contributed by atoms with Gasteiger partial charge in [0, 0.05) is 48.1 Å². The fourth-order valence-corrected chi connectivity index (χ4v) is 4.64. The zero-order valence-electron chi connectivity index (χ0n) is 20.2. The number of nitrogens with zero attached hydrogens (tertiary/aromatic N) is 5. The highest BCUT2D eigenvalue weighted by Crippen LogP contribution is 2.40. The van der Waals surface area contributed by atoms with Gasteiger partial charge in [-0.15, -0.1) is 0 Å². The first-order valence-corrected chi connectivity index (χ1v) is 12.4. The van der Waals surface area contributed by atoms with Crippen LogP contribution in [0.3, 0.4) is 0 Å². The van der Waals surface area contributed by atoms with Gasteiger partial charge in [-0.25, -0.2) is 13.9 Å². The van der Waals surface area contributed by atoms with Gasteiger partial charge in [0.2, 0.25) is 0 Å². The number of allylic oxidation sites excluding steroid dienone is 1. The summed E-state index contributed by atoms with van der Waals surface area (Å²) in [6, 6.07) is 8.65. The second-order valence-electron chi connectivity index (χ2n) is 9.67. The molecule has 3 heterocycles. The molecule has 1 saturated heterocycles. The van der Waals surface area contributed by atoms with Crippen LogP contribution in [0.15, 0.2) is 47.1 Å². The first kappa shape index (κ1) is 23.2. The third-order valence-electron chi connectivity index (χ3n) is 6.89. The second kappa shape index (κ2) is 9.60. The van der Waals surface area contributed by atoms with Crippen molar-refractivity contribution in [1.29, 1.82) is 0 Å². The normalized spacial score (nSPS) is 19.5. The fourth-order valence-electron chi connectivity index (χ4n) is 4.64. The molecule has 0 spiro atoms. The number of benzene rings is 1. The summed E-state index contributed by atoms with van der Waals surface area (Å²) in [7, 11) is 0. The van der Waals surface area contributed by atoms with E-state index in [2.05, 4.69) is 16.9 Å². The number of likely N-dealkylation sites (tertiary alicyclic amines) is 1. The van der Waals surface area contributed by atoms with Crippen LogP contribution in [0.25, 0.3) is 16.9 Å². The van der Waals surface area contributed by atoms with Crippen LogP contribution in [0.2, 0.25) is 0 Å². The summed E-state index contributed by atoms with van der Waals surface area (Å²) in [6.45, 7) is 4.70. The molecule has 3 aromatic rings. The summed E-state index contributed by atoms with van der Waals surface area (Å²) in [5.74, 6) is -0.0939. The molecule has 0 unspecified atom stereocenters. The fraction of sp³-hybridized carbons (Fsp3) is 0.407. The smallest absolute Gasteiger partial charge is 0.272 e. The van der Waals surface area contributed by atoms with Gasteiger partial charge >= 0.3 is 0 Å². The Balaban J connectivity index is 1.51. The van der Waals surface area contributed by atoms with Gasteiger partial charge in [-0.1, -0.05) is 12.8 Å². The molecule has 182 valence electrons. The van der Waals surface area contributed by atoms with Crippen LogP contribution < -0.4 is 5.73 Å². The van der Waals surface area contributed by atoms with Crippen molar-refractivity contribution in [3.63, 3.8) is 0 Å². The molecule has 1 aliphatic heterocycles. The Kier molecular flexibility index (Phi) is 6.36. The molecule has 2 aromatic heterocycles. The Morgan fingerprint density at radius 3 is 2.74 bits per heavy atom. The monoisotopic (exact) mass is 474 g/mol. The van der Waals surface area contributed by atoms with Crippen molar-refractivity contribution in [2.75, 3.05) is 6.54 Å². The SMILES string of the molecule is CC(C=Nc1ccc(-c2cc3nc(C(=O)N4CCCCC[C@H]4C)cc(C4CC4)n3n2)c(F)c1)=CN. The number of hydrogen-bond acceptors (Lipinski definition) is 5. The standard InChI is InChI=1S/C27H31FN6O/c1-17(15-29)16-30-20-9-10-21(22(28)12-20)23-14-26-31-24(13-25(19-7-8-19)34(26)32-23)27(35)33-11-5-3-4-6-18(33)2/h9-10,12-16,18-19H,3-8,11,29H2,1-2H3/t18-/m1/s1. The summed E-state index contributed by atoms with van der Waals surface area (Å²) < 4.78 is 16.8. The predicted molar refractivity (Wildman–Crippen MR) is 135 cm³/mol. The second-order valence-corrected chi connectivity index (χ2v) is 9.67. The van der Waals surface area contributed by atoms with E-state index in [-0.39, 0.29) is 11.9 Å². The number of aromatic nitrogens is 3. The van der Waals surface area contributed by atoms with E-state index in [0.29, 0.717) is 34.2 Å². The van der Waals surface area contributed by atoms with Crippen molar-refractivity contribution in [2.24, 2.45) is 10.7 Å². The highest BCUT2D eigenvalue weighted by molar-refractivity contribution is 5.93. The molecule has 5 rings (SSSR count). The molecule has 2 N–H and O–H groups in total. The lowest BCUT2D eigenvalue weighted by Crippen LogP contribution is -2.38. The van der Waals surface area contributed by atoms with Crippen molar-refractivity contribution >= 4 is 23.5 Å². The van der Waals surface area contributed by atoms with E-state index in [1.807, 2.05) is 17.9 Å². The molecule has 1 atom stereocenters. The summed E-state index contributed by atoms with van der Waals surface area (Å²) in [6.07, 6.45) is 9.48. The van der Waals surface area contributed by atoms with Gasteiger partial charge in [-0.05, 0) is 69.5 Å². The quantitative estimate of drug-likeness (QED) is 0.503. The van der Waals surface area contributed by atoms with E-state index in [0.717, 1.165) is 56.3 Å². The Morgan fingerprint density at radius 1 is 1.17 bits per heavy atom. The van der Waals surface area contributed by atoms with E-state index in [1.54, 1.807) is 28.9 Å². The lowest BCUT2D eigenvalue weighted by molar-refractivity contribution is 0.0692. The summed E-state index contributed by atoms with van der Waals surface area (Å²) in [5.41, 5.74) is 9.59. The lowest BCUT2D eigenvalue weighted by Gasteiger charge is -2.27. The summed E-state index contributed by atoms with van der Waals surface area (Å²) >= 11 is 0. The van der Waals surface area contributed by atoms with Crippen LogP contribution >= 0.6 is 0 Å². The number of rotatable bonds is 5. The van der Waals surface area contributed by atoms with Crippen LogP contribution in [0.4, 0.5) is 10.1 Å². The number of aliphatic imine (C=N–C) groups is 1. The summed E-state index contributed by atoms with van der Waals surface area (Å²) in [4.78, 5) is 24.3. The van der Waals surface area contributed by atoms with Gasteiger partial charge in [0.25, 0.3) is 5.91 Å².